The van der Waals surface area contributed by atoms with Crippen LogP contribution in [0.25, 0.3) is 10.9 Å². The lowest BCUT2D eigenvalue weighted by molar-refractivity contribution is -0.146. The Balaban J connectivity index is 2.08. The summed E-state index contributed by atoms with van der Waals surface area (Å²) in [6.07, 6.45) is 0.447. The zero-order chi connectivity index (χ0) is 14.3. The smallest absolute Gasteiger partial charge is 0.326 e. The highest BCUT2D eigenvalue weighted by atomic mass is 16.4. The molecule has 0 aliphatic carbocycles. The lowest BCUT2D eigenvalue weighted by Crippen LogP contribution is -2.55. The quantitative estimate of drug-likeness (QED) is 0.847. The normalized spacial score (nSPS) is 17.8. The minimum absolute atomic E-state index is 0.246. The number of aromatic amines is 1. The second-order valence-corrected chi connectivity index (χ2v) is 4.73. The van der Waals surface area contributed by atoms with Crippen LogP contribution in [0.4, 0.5) is 0 Å². The van der Waals surface area contributed by atoms with Gasteiger partial charge in [0.2, 0.25) is 5.56 Å². The van der Waals surface area contributed by atoms with E-state index in [1.165, 1.54) is 11.0 Å². The molecule has 0 saturated carbocycles. The van der Waals surface area contributed by atoms with Gasteiger partial charge in [-0.1, -0.05) is 18.2 Å². The number of para-hydroxylation sites is 1. The molecule has 6 nitrogen and oxygen atoms in total. The molecule has 1 amide bonds. The Morgan fingerprint density at radius 1 is 1.30 bits per heavy atom. The number of carboxylic acid groups (broad SMARTS) is 1. The molecule has 1 atom stereocenters. The number of carbonyl (C=O) groups is 2. The van der Waals surface area contributed by atoms with Gasteiger partial charge in [-0.2, -0.15) is 0 Å². The molecule has 2 heterocycles. The highest BCUT2D eigenvalue weighted by Crippen LogP contribution is 2.23. The molecule has 1 aliphatic heterocycles. The number of aromatic nitrogens is 1. The van der Waals surface area contributed by atoms with E-state index < -0.39 is 17.9 Å². The second-order valence-electron chi connectivity index (χ2n) is 4.73. The van der Waals surface area contributed by atoms with E-state index in [0.29, 0.717) is 23.9 Å². The maximum absolute atomic E-state index is 12.4. The molecular weight excluding hydrogens is 260 g/mol. The number of likely N-dealkylation sites (tertiary alicyclic amines) is 1. The van der Waals surface area contributed by atoms with Crippen LogP contribution in [0.1, 0.15) is 16.8 Å². The number of aliphatic carboxylic acids is 1. The van der Waals surface area contributed by atoms with E-state index in [1.807, 2.05) is 0 Å². The fourth-order valence-corrected chi connectivity index (χ4v) is 2.42. The fraction of sp³-hybridized carbons (Fsp3) is 0.214. The number of pyridine rings is 1. The summed E-state index contributed by atoms with van der Waals surface area (Å²) < 4.78 is 0. The van der Waals surface area contributed by atoms with E-state index in [4.69, 9.17) is 5.11 Å². The Morgan fingerprint density at radius 3 is 2.70 bits per heavy atom. The van der Waals surface area contributed by atoms with Crippen molar-refractivity contribution < 1.29 is 14.7 Å². The van der Waals surface area contributed by atoms with Gasteiger partial charge in [-0.15, -0.1) is 0 Å². The fourth-order valence-electron chi connectivity index (χ4n) is 2.42. The molecule has 1 fully saturated rings. The molecule has 1 aromatic carbocycles. The van der Waals surface area contributed by atoms with Gasteiger partial charge in [-0.25, -0.2) is 4.79 Å². The SMILES string of the molecule is O=C(O)C1CCN1C(=O)c1cc(=O)[nH]c2ccccc12. The zero-order valence-corrected chi connectivity index (χ0v) is 10.5. The first-order chi connectivity index (χ1) is 9.58. The van der Waals surface area contributed by atoms with Crippen LogP contribution in [-0.4, -0.2) is 39.5 Å². The van der Waals surface area contributed by atoms with Crippen molar-refractivity contribution in [1.29, 1.82) is 0 Å². The molecule has 3 rings (SSSR count). The Hall–Kier alpha value is -2.63. The van der Waals surface area contributed by atoms with Crippen molar-refractivity contribution >= 4 is 22.8 Å². The average Bonchev–Trinajstić information content (AvgIpc) is 2.35. The summed E-state index contributed by atoms with van der Waals surface area (Å²) in [7, 11) is 0. The lowest BCUT2D eigenvalue weighted by Gasteiger charge is -2.38. The van der Waals surface area contributed by atoms with E-state index in [0.717, 1.165) is 0 Å². The molecule has 1 aromatic heterocycles. The third-order valence-corrected chi connectivity index (χ3v) is 3.55. The van der Waals surface area contributed by atoms with Crippen LogP contribution in [0, 0.1) is 0 Å². The molecule has 1 unspecified atom stereocenters. The summed E-state index contributed by atoms with van der Waals surface area (Å²) in [5.41, 5.74) is 0.436. The van der Waals surface area contributed by atoms with Gasteiger partial charge >= 0.3 is 5.97 Å². The van der Waals surface area contributed by atoms with Crippen molar-refractivity contribution in [2.75, 3.05) is 6.54 Å². The molecular formula is C14H12N2O4. The molecule has 0 spiro atoms. The van der Waals surface area contributed by atoms with Crippen molar-refractivity contribution in [1.82, 2.24) is 9.88 Å². The molecule has 2 N–H and O–H groups in total. The Kier molecular flexibility index (Phi) is 2.78. The standard InChI is InChI=1S/C14H12N2O4/c17-12-7-9(8-3-1-2-4-10(8)15-12)13(18)16-6-5-11(16)14(19)20/h1-4,7,11H,5-6H2,(H,15,17)(H,19,20). The highest BCUT2D eigenvalue weighted by Gasteiger charge is 2.38. The molecule has 2 aromatic rings. The minimum Gasteiger partial charge on any atom is -0.480 e. The number of hydrogen-bond acceptors (Lipinski definition) is 3. The van der Waals surface area contributed by atoms with Crippen LogP contribution in [0.15, 0.2) is 35.1 Å². The Labute approximate surface area is 113 Å². The van der Waals surface area contributed by atoms with Gasteiger partial charge in [0.05, 0.1) is 5.56 Å². The molecule has 20 heavy (non-hydrogen) atoms. The van der Waals surface area contributed by atoms with Gasteiger partial charge in [-0.3, -0.25) is 9.59 Å². The van der Waals surface area contributed by atoms with E-state index in [-0.39, 0.29) is 11.1 Å². The zero-order valence-electron chi connectivity index (χ0n) is 10.5. The van der Waals surface area contributed by atoms with Crippen molar-refractivity contribution in [3.63, 3.8) is 0 Å². The van der Waals surface area contributed by atoms with E-state index >= 15 is 0 Å². The predicted octanol–water partition coefficient (Wildman–Crippen LogP) is 0.827. The van der Waals surface area contributed by atoms with Gasteiger partial charge in [0.15, 0.2) is 0 Å². The number of carboxylic acids is 1. The van der Waals surface area contributed by atoms with Crippen molar-refractivity contribution in [2.45, 2.75) is 12.5 Å². The Morgan fingerprint density at radius 2 is 2.05 bits per heavy atom. The van der Waals surface area contributed by atoms with E-state index in [2.05, 4.69) is 4.98 Å². The van der Waals surface area contributed by atoms with Crippen molar-refractivity contribution in [2.24, 2.45) is 0 Å². The van der Waals surface area contributed by atoms with Crippen LogP contribution < -0.4 is 5.56 Å². The maximum atomic E-state index is 12.4. The highest BCUT2D eigenvalue weighted by molar-refractivity contribution is 6.07. The second kappa shape index (κ2) is 4.48. The number of carbonyl (C=O) groups excluding carboxylic acids is 1. The van der Waals surface area contributed by atoms with E-state index in [1.54, 1.807) is 24.3 Å². The molecule has 1 aliphatic rings. The summed E-state index contributed by atoms with van der Waals surface area (Å²) in [5, 5.41) is 9.62. The lowest BCUT2D eigenvalue weighted by atomic mass is 10.00. The molecule has 1 saturated heterocycles. The minimum atomic E-state index is -1.02. The summed E-state index contributed by atoms with van der Waals surface area (Å²) in [6, 6.07) is 7.40. The first-order valence-electron chi connectivity index (χ1n) is 6.24. The number of fused-ring (bicyclic) bond motifs is 1. The van der Waals surface area contributed by atoms with Crippen LogP contribution in [0.3, 0.4) is 0 Å². The van der Waals surface area contributed by atoms with Gasteiger partial charge in [-0.05, 0) is 12.5 Å². The predicted molar refractivity (Wildman–Crippen MR) is 71.6 cm³/mol. The first-order valence-corrected chi connectivity index (χ1v) is 6.24. The van der Waals surface area contributed by atoms with Gasteiger partial charge < -0.3 is 15.0 Å². The third kappa shape index (κ3) is 1.85. The summed E-state index contributed by atoms with van der Waals surface area (Å²) in [4.78, 5) is 39.0. The molecule has 6 heteroatoms. The first kappa shape index (κ1) is 12.4. The maximum Gasteiger partial charge on any atom is 0.326 e. The van der Waals surface area contributed by atoms with Crippen LogP contribution >= 0.6 is 0 Å². The molecule has 0 bridgehead atoms. The van der Waals surface area contributed by atoms with Gasteiger partial charge in [0.25, 0.3) is 5.91 Å². The average molecular weight is 272 g/mol. The number of benzene rings is 1. The van der Waals surface area contributed by atoms with Crippen LogP contribution in [0.5, 0.6) is 0 Å². The number of amides is 1. The number of H-pyrrole nitrogens is 1. The summed E-state index contributed by atoms with van der Waals surface area (Å²) in [5.74, 6) is -1.43. The van der Waals surface area contributed by atoms with Crippen LogP contribution in [0.2, 0.25) is 0 Å². The summed E-state index contributed by atoms with van der Waals surface area (Å²) >= 11 is 0. The van der Waals surface area contributed by atoms with Crippen molar-refractivity contribution in [3.05, 3.63) is 46.2 Å². The number of nitrogens with one attached hydrogen (secondary N) is 1. The number of nitrogens with zero attached hydrogens (tertiary/aromatic N) is 1. The largest absolute Gasteiger partial charge is 0.480 e. The van der Waals surface area contributed by atoms with Gasteiger partial charge in [0.1, 0.15) is 6.04 Å². The third-order valence-electron chi connectivity index (χ3n) is 3.55. The van der Waals surface area contributed by atoms with Crippen molar-refractivity contribution in [3.8, 4) is 0 Å². The molecule has 102 valence electrons. The topological polar surface area (TPSA) is 90.5 Å². The molecule has 0 radical (unpaired) electrons. The number of rotatable bonds is 2. The monoisotopic (exact) mass is 272 g/mol. The van der Waals surface area contributed by atoms with Gasteiger partial charge in [0, 0.05) is 23.5 Å². The Bertz CT molecular complexity index is 765. The van der Waals surface area contributed by atoms with E-state index in [9.17, 15) is 14.4 Å². The summed E-state index contributed by atoms with van der Waals surface area (Å²) in [6.45, 7) is 0.400. The number of hydrogen-bond donors (Lipinski definition) is 2. The van der Waals surface area contributed by atoms with Crippen LogP contribution in [-0.2, 0) is 4.79 Å².